The maximum Gasteiger partial charge on any atom is 0.292 e. The Hall–Kier alpha value is -2.13. The van der Waals surface area contributed by atoms with Crippen LogP contribution in [0, 0.1) is 26.9 Å². The lowest BCUT2D eigenvalue weighted by molar-refractivity contribution is -0.384. The van der Waals surface area contributed by atoms with Gasteiger partial charge < -0.3 is 10.6 Å². The molecular formula is C13H16N4O2. The summed E-state index contributed by atoms with van der Waals surface area (Å²) >= 11 is 0. The van der Waals surface area contributed by atoms with E-state index in [0.717, 1.165) is 13.0 Å². The molecule has 0 spiro atoms. The molecule has 1 aliphatic rings. The number of hydrogen-bond donors (Lipinski definition) is 1. The van der Waals surface area contributed by atoms with Crippen LogP contribution in [0.15, 0.2) is 18.2 Å². The Morgan fingerprint density at radius 2 is 2.37 bits per heavy atom. The Labute approximate surface area is 111 Å². The minimum atomic E-state index is -0.408. The standard InChI is InChI=1S/C13H16N4O2/c1-13(8-15)4-5-16(9-13)12-6-10(7-14)2-3-11(12)17(18)19/h2-3,6H,4-5,8-9,15H2,1H3. The fourth-order valence-corrected chi connectivity index (χ4v) is 2.40. The average molecular weight is 260 g/mol. The number of benzene rings is 1. The van der Waals surface area contributed by atoms with Gasteiger partial charge in [0.15, 0.2) is 0 Å². The molecule has 6 nitrogen and oxygen atoms in total. The van der Waals surface area contributed by atoms with Gasteiger partial charge in [0.1, 0.15) is 5.69 Å². The molecule has 0 bridgehead atoms. The summed E-state index contributed by atoms with van der Waals surface area (Å²) in [6.45, 7) is 4.03. The van der Waals surface area contributed by atoms with Crippen LogP contribution in [0.1, 0.15) is 18.9 Å². The number of nitro benzene ring substituents is 1. The first-order valence-corrected chi connectivity index (χ1v) is 6.13. The molecule has 0 amide bonds. The van der Waals surface area contributed by atoms with Crippen molar-refractivity contribution in [3.8, 4) is 6.07 Å². The lowest BCUT2D eigenvalue weighted by Gasteiger charge is -2.23. The van der Waals surface area contributed by atoms with Gasteiger partial charge in [-0.3, -0.25) is 10.1 Å². The van der Waals surface area contributed by atoms with Crippen LogP contribution in [-0.4, -0.2) is 24.6 Å². The Balaban J connectivity index is 2.39. The highest BCUT2D eigenvalue weighted by molar-refractivity contribution is 5.66. The number of hydrogen-bond acceptors (Lipinski definition) is 5. The normalized spacial score (nSPS) is 22.3. The highest BCUT2D eigenvalue weighted by Gasteiger charge is 2.35. The molecule has 0 saturated carbocycles. The second-order valence-electron chi connectivity index (χ2n) is 5.26. The molecule has 1 heterocycles. The van der Waals surface area contributed by atoms with E-state index in [1.807, 2.05) is 11.0 Å². The van der Waals surface area contributed by atoms with E-state index in [2.05, 4.69) is 6.92 Å². The second-order valence-corrected chi connectivity index (χ2v) is 5.26. The predicted octanol–water partition coefficient (Wildman–Crippen LogP) is 1.64. The van der Waals surface area contributed by atoms with Crippen LogP contribution in [0.25, 0.3) is 0 Å². The Kier molecular flexibility index (Phi) is 3.40. The van der Waals surface area contributed by atoms with Crippen LogP contribution in [0.5, 0.6) is 0 Å². The fraction of sp³-hybridized carbons (Fsp3) is 0.462. The van der Waals surface area contributed by atoms with Gasteiger partial charge in [0, 0.05) is 19.2 Å². The molecule has 100 valence electrons. The van der Waals surface area contributed by atoms with Crippen molar-refractivity contribution in [2.24, 2.45) is 11.1 Å². The van der Waals surface area contributed by atoms with Crippen LogP contribution in [0.2, 0.25) is 0 Å². The lowest BCUT2D eigenvalue weighted by atomic mass is 9.90. The van der Waals surface area contributed by atoms with Crippen molar-refractivity contribution < 1.29 is 4.92 Å². The maximum atomic E-state index is 11.1. The fourth-order valence-electron chi connectivity index (χ4n) is 2.40. The van der Waals surface area contributed by atoms with Gasteiger partial charge in [-0.1, -0.05) is 6.92 Å². The largest absolute Gasteiger partial charge is 0.365 e. The predicted molar refractivity (Wildman–Crippen MR) is 71.8 cm³/mol. The zero-order valence-electron chi connectivity index (χ0n) is 10.8. The molecule has 1 atom stereocenters. The topological polar surface area (TPSA) is 96.2 Å². The Morgan fingerprint density at radius 1 is 1.63 bits per heavy atom. The van der Waals surface area contributed by atoms with Crippen LogP contribution >= 0.6 is 0 Å². The van der Waals surface area contributed by atoms with Crippen molar-refractivity contribution in [1.29, 1.82) is 5.26 Å². The molecule has 19 heavy (non-hydrogen) atoms. The van der Waals surface area contributed by atoms with Crippen LogP contribution < -0.4 is 10.6 Å². The Bertz CT molecular complexity index is 552. The molecule has 2 N–H and O–H groups in total. The van der Waals surface area contributed by atoms with E-state index in [-0.39, 0.29) is 11.1 Å². The summed E-state index contributed by atoms with van der Waals surface area (Å²) in [5.74, 6) is 0. The van der Waals surface area contributed by atoms with Crippen molar-refractivity contribution in [3.63, 3.8) is 0 Å². The van der Waals surface area contributed by atoms with Crippen molar-refractivity contribution >= 4 is 11.4 Å². The molecule has 1 fully saturated rings. The van der Waals surface area contributed by atoms with Gasteiger partial charge in [-0.05, 0) is 30.5 Å². The van der Waals surface area contributed by atoms with E-state index in [1.165, 1.54) is 12.1 Å². The first-order chi connectivity index (χ1) is 8.99. The summed E-state index contributed by atoms with van der Waals surface area (Å²) in [6, 6.07) is 6.47. The maximum absolute atomic E-state index is 11.1. The second kappa shape index (κ2) is 4.86. The van der Waals surface area contributed by atoms with E-state index in [1.54, 1.807) is 6.07 Å². The van der Waals surface area contributed by atoms with E-state index in [9.17, 15) is 10.1 Å². The van der Waals surface area contributed by atoms with Crippen molar-refractivity contribution in [3.05, 3.63) is 33.9 Å². The molecule has 1 saturated heterocycles. The number of rotatable bonds is 3. The summed E-state index contributed by atoms with van der Waals surface area (Å²) in [6.07, 6.45) is 0.900. The molecule has 0 aromatic heterocycles. The van der Waals surface area contributed by atoms with Gasteiger partial charge in [0.2, 0.25) is 0 Å². The molecule has 0 aliphatic carbocycles. The summed E-state index contributed by atoms with van der Waals surface area (Å²) < 4.78 is 0. The van der Waals surface area contributed by atoms with Crippen molar-refractivity contribution in [2.45, 2.75) is 13.3 Å². The van der Waals surface area contributed by atoms with Gasteiger partial charge >= 0.3 is 0 Å². The minimum absolute atomic E-state index is 0.0173. The van der Waals surface area contributed by atoms with Crippen LogP contribution in [0.4, 0.5) is 11.4 Å². The summed E-state index contributed by atoms with van der Waals surface area (Å²) in [7, 11) is 0. The van der Waals surface area contributed by atoms with E-state index in [4.69, 9.17) is 11.0 Å². The van der Waals surface area contributed by atoms with Gasteiger partial charge in [-0.25, -0.2) is 0 Å². The summed E-state index contributed by atoms with van der Waals surface area (Å²) in [5, 5.41) is 20.0. The Morgan fingerprint density at radius 3 is 2.89 bits per heavy atom. The van der Waals surface area contributed by atoms with E-state index >= 15 is 0 Å². The third-order valence-corrected chi connectivity index (χ3v) is 3.69. The monoisotopic (exact) mass is 260 g/mol. The third-order valence-electron chi connectivity index (χ3n) is 3.69. The SMILES string of the molecule is CC1(CN)CCN(c2cc(C#N)ccc2[N+](=O)[O-])C1. The minimum Gasteiger partial charge on any atom is -0.365 e. The van der Waals surface area contributed by atoms with E-state index < -0.39 is 4.92 Å². The number of nitrogens with zero attached hydrogens (tertiary/aromatic N) is 3. The van der Waals surface area contributed by atoms with Gasteiger partial charge in [-0.2, -0.15) is 5.26 Å². The molecule has 1 aromatic rings. The highest BCUT2D eigenvalue weighted by atomic mass is 16.6. The highest BCUT2D eigenvalue weighted by Crippen LogP contribution is 2.37. The third kappa shape index (κ3) is 2.51. The lowest BCUT2D eigenvalue weighted by Crippen LogP contribution is -2.31. The molecule has 6 heteroatoms. The van der Waals surface area contributed by atoms with Crippen molar-refractivity contribution in [2.75, 3.05) is 24.5 Å². The molecule has 2 rings (SSSR count). The van der Waals surface area contributed by atoms with Gasteiger partial charge in [0.25, 0.3) is 5.69 Å². The average Bonchev–Trinajstić information content (AvgIpc) is 2.81. The quantitative estimate of drug-likeness (QED) is 0.658. The zero-order valence-corrected chi connectivity index (χ0v) is 10.8. The summed E-state index contributed by atoms with van der Waals surface area (Å²) in [4.78, 5) is 12.6. The van der Waals surface area contributed by atoms with Gasteiger partial charge in [-0.15, -0.1) is 0 Å². The number of nitro groups is 1. The first-order valence-electron chi connectivity index (χ1n) is 6.13. The molecule has 1 unspecified atom stereocenters. The van der Waals surface area contributed by atoms with Crippen molar-refractivity contribution in [1.82, 2.24) is 0 Å². The molecule has 1 aliphatic heterocycles. The number of nitriles is 1. The van der Waals surface area contributed by atoms with E-state index in [0.29, 0.717) is 24.3 Å². The molecular weight excluding hydrogens is 244 g/mol. The first kappa shape index (κ1) is 13.3. The van der Waals surface area contributed by atoms with Crippen LogP contribution in [0.3, 0.4) is 0 Å². The summed E-state index contributed by atoms with van der Waals surface area (Å²) in [5.41, 5.74) is 6.72. The smallest absolute Gasteiger partial charge is 0.292 e. The number of nitrogens with two attached hydrogens (primary N) is 1. The van der Waals surface area contributed by atoms with Crippen LogP contribution in [-0.2, 0) is 0 Å². The molecule has 0 radical (unpaired) electrons. The van der Waals surface area contributed by atoms with Gasteiger partial charge in [0.05, 0.1) is 16.6 Å². The number of anilines is 1. The molecule has 1 aromatic carbocycles. The zero-order chi connectivity index (χ0) is 14.0.